The van der Waals surface area contributed by atoms with Gasteiger partial charge in [0.15, 0.2) is 23.1 Å². The van der Waals surface area contributed by atoms with Gasteiger partial charge >= 0.3 is 0 Å². The third-order valence-corrected chi connectivity index (χ3v) is 5.16. The molecule has 0 aliphatic heterocycles. The number of aromatic amines is 1. The number of hydrogen-bond acceptors (Lipinski definition) is 8. The van der Waals surface area contributed by atoms with Gasteiger partial charge in [-0.25, -0.2) is 14.4 Å². The van der Waals surface area contributed by atoms with Crippen LogP contribution in [0.3, 0.4) is 0 Å². The van der Waals surface area contributed by atoms with Crippen LogP contribution in [-0.4, -0.2) is 39.4 Å². The molecule has 4 rings (SSSR count). The van der Waals surface area contributed by atoms with Crippen LogP contribution in [0.2, 0.25) is 0 Å². The van der Waals surface area contributed by atoms with E-state index in [0.717, 1.165) is 25.7 Å². The highest BCUT2D eigenvalue weighted by molar-refractivity contribution is 5.76. The van der Waals surface area contributed by atoms with Crippen molar-refractivity contribution in [1.82, 2.24) is 20.2 Å². The number of hydrogen-bond donors (Lipinski definition) is 3. The lowest BCUT2D eigenvalue weighted by atomic mass is 9.93. The molecule has 1 aliphatic rings. The molecule has 0 bridgehead atoms. The maximum absolute atomic E-state index is 14.5. The molecule has 31 heavy (non-hydrogen) atoms. The van der Waals surface area contributed by atoms with Crippen LogP contribution in [0.4, 0.5) is 16.0 Å². The molecule has 160 valence electrons. The molecule has 0 unspecified atom stereocenters. The third-order valence-electron chi connectivity index (χ3n) is 5.16. The first-order valence-electron chi connectivity index (χ1n) is 9.91. The Balaban J connectivity index is 1.61. The number of nitrogens with zero attached hydrogens (tertiary/aromatic N) is 4. The molecule has 9 nitrogen and oxygen atoms in total. The smallest absolute Gasteiger partial charge is 0.167 e. The number of nitriles is 1. The lowest BCUT2D eigenvalue weighted by molar-refractivity contribution is 0.147. The van der Waals surface area contributed by atoms with Crippen LogP contribution in [0.5, 0.6) is 11.5 Å². The molecular weight excluding hydrogens is 401 g/mol. The van der Waals surface area contributed by atoms with Crippen molar-refractivity contribution < 1.29 is 13.9 Å². The number of ether oxygens (including phenoxy) is 2. The second-order valence-corrected chi connectivity index (χ2v) is 7.30. The monoisotopic (exact) mass is 423 g/mol. The molecule has 4 N–H and O–H groups in total. The van der Waals surface area contributed by atoms with Gasteiger partial charge in [0.25, 0.3) is 0 Å². The molecule has 0 atom stereocenters. The Kier molecular flexibility index (Phi) is 5.95. The number of aromatic nitrogens is 4. The molecule has 0 amide bonds. The zero-order valence-electron chi connectivity index (χ0n) is 16.9. The molecule has 0 saturated heterocycles. The molecular formula is C21H22FN7O2. The Bertz CT molecular complexity index is 1090. The maximum Gasteiger partial charge on any atom is 0.167 e. The van der Waals surface area contributed by atoms with Crippen LogP contribution in [0.1, 0.15) is 31.4 Å². The van der Waals surface area contributed by atoms with Gasteiger partial charge in [-0.2, -0.15) is 10.4 Å². The predicted octanol–water partition coefficient (Wildman–Crippen LogP) is 3.28. The first-order chi connectivity index (χ1) is 15.1. The van der Waals surface area contributed by atoms with Gasteiger partial charge in [0.1, 0.15) is 17.6 Å². The Hall–Kier alpha value is -3.71. The topological polar surface area (TPSA) is 135 Å². The fraction of sp³-hybridized carbons (Fsp3) is 0.333. The second kappa shape index (κ2) is 8.97. The summed E-state index contributed by atoms with van der Waals surface area (Å²) in [5.74, 6) is 0.927. The van der Waals surface area contributed by atoms with E-state index in [4.69, 9.17) is 20.5 Å². The quantitative estimate of drug-likeness (QED) is 0.550. The zero-order valence-corrected chi connectivity index (χ0v) is 16.9. The highest BCUT2D eigenvalue weighted by atomic mass is 19.1. The normalized spacial score (nSPS) is 18.3. The third kappa shape index (κ3) is 4.57. The van der Waals surface area contributed by atoms with Gasteiger partial charge < -0.3 is 20.5 Å². The van der Waals surface area contributed by atoms with Crippen LogP contribution < -0.4 is 20.5 Å². The van der Waals surface area contributed by atoms with Crippen LogP contribution in [-0.2, 0) is 0 Å². The molecule has 1 saturated carbocycles. The summed E-state index contributed by atoms with van der Waals surface area (Å²) in [5.41, 5.74) is 7.16. The van der Waals surface area contributed by atoms with E-state index in [0.29, 0.717) is 28.6 Å². The van der Waals surface area contributed by atoms with Crippen molar-refractivity contribution in [2.75, 3.05) is 12.4 Å². The minimum Gasteiger partial charge on any atom is -0.493 e. The van der Waals surface area contributed by atoms with Crippen molar-refractivity contribution in [2.24, 2.45) is 5.73 Å². The van der Waals surface area contributed by atoms with Gasteiger partial charge in [-0.3, -0.25) is 5.10 Å². The largest absolute Gasteiger partial charge is 0.493 e. The van der Waals surface area contributed by atoms with Crippen molar-refractivity contribution in [3.8, 4) is 28.8 Å². The summed E-state index contributed by atoms with van der Waals surface area (Å²) < 4.78 is 26.0. The molecule has 0 spiro atoms. The number of nitrogens with two attached hydrogens (primary N) is 1. The minimum absolute atomic E-state index is 0.00292. The molecule has 1 aliphatic carbocycles. The summed E-state index contributed by atoms with van der Waals surface area (Å²) in [6, 6.07) is 6.73. The van der Waals surface area contributed by atoms with Crippen LogP contribution in [0.15, 0.2) is 30.6 Å². The Morgan fingerprint density at radius 1 is 1.19 bits per heavy atom. The molecule has 2 heterocycles. The van der Waals surface area contributed by atoms with Crippen molar-refractivity contribution in [3.05, 3.63) is 42.1 Å². The summed E-state index contributed by atoms with van der Waals surface area (Å²) in [4.78, 5) is 8.07. The van der Waals surface area contributed by atoms with Crippen LogP contribution >= 0.6 is 0 Å². The highest BCUT2D eigenvalue weighted by Crippen LogP contribution is 2.41. The molecule has 2 aromatic heterocycles. The summed E-state index contributed by atoms with van der Waals surface area (Å²) in [6.07, 6.45) is 6.25. The van der Waals surface area contributed by atoms with E-state index in [1.54, 1.807) is 12.1 Å². The van der Waals surface area contributed by atoms with Crippen LogP contribution in [0, 0.1) is 17.1 Å². The zero-order chi connectivity index (χ0) is 21.8. The molecule has 1 fully saturated rings. The first kappa shape index (κ1) is 20.6. The number of methoxy groups -OCH3 is 1. The minimum atomic E-state index is -0.502. The van der Waals surface area contributed by atoms with Crippen LogP contribution in [0.25, 0.3) is 11.3 Å². The van der Waals surface area contributed by atoms with E-state index in [-0.39, 0.29) is 23.6 Å². The van der Waals surface area contributed by atoms with E-state index in [9.17, 15) is 4.39 Å². The highest BCUT2D eigenvalue weighted by Gasteiger charge is 2.24. The Morgan fingerprint density at radius 2 is 2.00 bits per heavy atom. The second-order valence-electron chi connectivity index (χ2n) is 7.30. The summed E-state index contributed by atoms with van der Waals surface area (Å²) in [6.45, 7) is 0. The van der Waals surface area contributed by atoms with Gasteiger partial charge in [0, 0.05) is 12.1 Å². The summed E-state index contributed by atoms with van der Waals surface area (Å²) in [7, 11) is 1.41. The first-order valence-corrected chi connectivity index (χ1v) is 9.91. The van der Waals surface area contributed by atoms with Gasteiger partial charge in [0.05, 0.1) is 36.9 Å². The number of rotatable bonds is 6. The maximum atomic E-state index is 14.5. The lowest BCUT2D eigenvalue weighted by Gasteiger charge is -2.27. The number of anilines is 2. The van der Waals surface area contributed by atoms with E-state index in [1.807, 2.05) is 6.07 Å². The Morgan fingerprint density at radius 3 is 2.68 bits per heavy atom. The standard InChI is InChI=1S/C21H22FN7O2/c1-30-21-15(22)6-7-17(31-14-4-2-12(24)3-5-14)20(21)16-8-18(29-28-16)27-19-11-25-13(9-23)10-26-19/h6-8,10-12,14H,2-5,24H2,1H3,(H2,26,27,28,29)/t12-,14-. The van der Waals surface area contributed by atoms with Crippen molar-refractivity contribution >= 4 is 11.6 Å². The number of halogens is 1. The van der Waals surface area contributed by atoms with E-state index in [1.165, 1.54) is 25.6 Å². The van der Waals surface area contributed by atoms with Gasteiger partial charge in [-0.15, -0.1) is 0 Å². The Labute approximate surface area is 178 Å². The average Bonchev–Trinajstić information content (AvgIpc) is 3.24. The van der Waals surface area contributed by atoms with E-state index < -0.39 is 5.82 Å². The lowest BCUT2D eigenvalue weighted by Crippen LogP contribution is -2.31. The fourth-order valence-electron chi connectivity index (χ4n) is 3.57. The van der Waals surface area contributed by atoms with Crippen molar-refractivity contribution in [3.63, 3.8) is 0 Å². The molecule has 3 aromatic rings. The summed E-state index contributed by atoms with van der Waals surface area (Å²) in [5, 5.41) is 18.9. The van der Waals surface area contributed by atoms with Gasteiger partial charge in [-0.05, 0) is 37.8 Å². The van der Waals surface area contributed by atoms with Crippen molar-refractivity contribution in [2.45, 2.75) is 37.8 Å². The fourth-order valence-corrected chi connectivity index (χ4v) is 3.57. The predicted molar refractivity (Wildman–Crippen MR) is 111 cm³/mol. The number of H-pyrrole nitrogens is 1. The average molecular weight is 423 g/mol. The molecule has 1 aromatic carbocycles. The van der Waals surface area contributed by atoms with Gasteiger partial charge in [0.2, 0.25) is 0 Å². The number of nitrogens with one attached hydrogen (secondary N) is 2. The molecule has 10 heteroatoms. The SMILES string of the molecule is COc1c(F)ccc(O[C@H]2CC[C@H](N)CC2)c1-c1cc(Nc2cnc(C#N)cn2)n[nH]1. The van der Waals surface area contributed by atoms with Crippen molar-refractivity contribution in [1.29, 1.82) is 5.26 Å². The van der Waals surface area contributed by atoms with Gasteiger partial charge in [-0.1, -0.05) is 0 Å². The number of benzene rings is 1. The van der Waals surface area contributed by atoms with E-state index in [2.05, 4.69) is 25.5 Å². The molecule has 0 radical (unpaired) electrons. The van der Waals surface area contributed by atoms with E-state index >= 15 is 0 Å². The summed E-state index contributed by atoms with van der Waals surface area (Å²) >= 11 is 0.